The van der Waals surface area contributed by atoms with Crippen LogP contribution in [0.1, 0.15) is 20.8 Å². The molecule has 0 fully saturated rings. The Balaban J connectivity index is 4.21. The van der Waals surface area contributed by atoms with Crippen LogP contribution in [-0.4, -0.2) is 47.5 Å². The predicted octanol–water partition coefficient (Wildman–Crippen LogP) is 0.430. The Morgan fingerprint density at radius 3 is 2.24 bits per heavy atom. The van der Waals surface area contributed by atoms with Crippen LogP contribution in [0.15, 0.2) is 0 Å². The third kappa shape index (κ3) is 8.78. The molecule has 3 N–H and O–H groups in total. The SMILES string of the molecule is CC(C)(C)OC(=O)NC(COC(F)F)C(O)O. The van der Waals surface area contributed by atoms with E-state index in [9.17, 15) is 13.6 Å². The molecule has 6 nitrogen and oxygen atoms in total. The molecule has 0 aromatic heterocycles. The van der Waals surface area contributed by atoms with Crippen molar-refractivity contribution in [2.24, 2.45) is 0 Å². The number of hydrogen-bond donors (Lipinski definition) is 3. The average Bonchev–Trinajstić information content (AvgIpc) is 2.08. The summed E-state index contributed by atoms with van der Waals surface area (Å²) >= 11 is 0. The molecule has 0 radical (unpaired) electrons. The molecule has 0 heterocycles. The van der Waals surface area contributed by atoms with E-state index < -0.39 is 37.2 Å². The Labute approximate surface area is 97.5 Å². The first kappa shape index (κ1) is 16.0. The van der Waals surface area contributed by atoms with Gasteiger partial charge in [-0.3, -0.25) is 0 Å². The lowest BCUT2D eigenvalue weighted by molar-refractivity contribution is -0.157. The smallest absolute Gasteiger partial charge is 0.408 e. The third-order valence-corrected chi connectivity index (χ3v) is 1.46. The maximum absolute atomic E-state index is 11.7. The van der Waals surface area contributed by atoms with Gasteiger partial charge in [0, 0.05) is 0 Å². The zero-order chi connectivity index (χ0) is 13.6. The Hall–Kier alpha value is -0.990. The highest BCUT2D eigenvalue weighted by Crippen LogP contribution is 2.07. The molecular formula is C9H17F2NO5. The fraction of sp³-hybridized carbons (Fsp3) is 0.889. The van der Waals surface area contributed by atoms with Crippen molar-refractivity contribution in [2.75, 3.05) is 6.61 Å². The minimum atomic E-state index is -3.06. The van der Waals surface area contributed by atoms with Gasteiger partial charge in [0.25, 0.3) is 0 Å². The van der Waals surface area contributed by atoms with E-state index >= 15 is 0 Å². The van der Waals surface area contributed by atoms with Gasteiger partial charge in [-0.05, 0) is 20.8 Å². The van der Waals surface area contributed by atoms with Crippen molar-refractivity contribution in [2.45, 2.75) is 45.3 Å². The Morgan fingerprint density at radius 2 is 1.88 bits per heavy atom. The first-order valence-corrected chi connectivity index (χ1v) is 4.87. The number of amides is 1. The molecule has 0 aliphatic rings. The molecule has 0 rings (SSSR count). The monoisotopic (exact) mass is 257 g/mol. The van der Waals surface area contributed by atoms with E-state index in [1.54, 1.807) is 20.8 Å². The Morgan fingerprint density at radius 1 is 1.35 bits per heavy atom. The lowest BCUT2D eigenvalue weighted by Gasteiger charge is -2.24. The van der Waals surface area contributed by atoms with Gasteiger partial charge in [-0.1, -0.05) is 0 Å². The molecule has 102 valence electrons. The van der Waals surface area contributed by atoms with Gasteiger partial charge in [-0.2, -0.15) is 8.78 Å². The number of carbonyl (C=O) groups excluding carboxylic acids is 1. The number of hydrogen-bond acceptors (Lipinski definition) is 5. The molecule has 0 aliphatic heterocycles. The van der Waals surface area contributed by atoms with Crippen molar-refractivity contribution in [1.82, 2.24) is 5.32 Å². The van der Waals surface area contributed by atoms with Crippen molar-refractivity contribution in [1.29, 1.82) is 0 Å². The van der Waals surface area contributed by atoms with E-state index in [0.717, 1.165) is 0 Å². The van der Waals surface area contributed by atoms with E-state index in [0.29, 0.717) is 0 Å². The number of halogens is 2. The van der Waals surface area contributed by atoms with Crippen LogP contribution in [0.4, 0.5) is 13.6 Å². The van der Waals surface area contributed by atoms with Gasteiger partial charge in [0.05, 0.1) is 6.61 Å². The van der Waals surface area contributed by atoms with Crippen molar-refractivity contribution in [3.8, 4) is 0 Å². The quantitative estimate of drug-likeness (QED) is 0.622. The van der Waals surface area contributed by atoms with Crippen molar-refractivity contribution < 1.29 is 33.3 Å². The summed E-state index contributed by atoms with van der Waals surface area (Å²) in [6.07, 6.45) is -2.98. The molecular weight excluding hydrogens is 240 g/mol. The summed E-state index contributed by atoms with van der Waals surface area (Å²) in [6.45, 7) is 1.01. The number of ether oxygens (including phenoxy) is 2. The minimum Gasteiger partial charge on any atom is -0.444 e. The number of carbonyl (C=O) groups is 1. The van der Waals surface area contributed by atoms with Gasteiger partial charge in [0.1, 0.15) is 11.6 Å². The minimum absolute atomic E-state index is 0.741. The molecule has 8 heteroatoms. The second-order valence-corrected chi connectivity index (χ2v) is 4.26. The topological polar surface area (TPSA) is 88.0 Å². The summed E-state index contributed by atoms with van der Waals surface area (Å²) in [5.74, 6) is 0. The summed E-state index contributed by atoms with van der Waals surface area (Å²) in [5.41, 5.74) is -0.779. The van der Waals surface area contributed by atoms with Gasteiger partial charge in [-0.25, -0.2) is 4.79 Å². The highest BCUT2D eigenvalue weighted by Gasteiger charge is 2.24. The number of aliphatic hydroxyl groups is 2. The second-order valence-electron chi connectivity index (χ2n) is 4.26. The molecule has 0 spiro atoms. The molecule has 0 saturated carbocycles. The lowest BCUT2D eigenvalue weighted by Crippen LogP contribution is -2.48. The van der Waals surface area contributed by atoms with Crippen LogP contribution < -0.4 is 5.32 Å². The molecule has 0 aromatic carbocycles. The highest BCUT2D eigenvalue weighted by molar-refractivity contribution is 5.68. The standard InChI is InChI=1S/C9H17F2NO5/c1-9(2,3)17-8(15)12-5(6(13)14)4-16-7(10)11/h5-7,13-14H,4H2,1-3H3,(H,12,15). The van der Waals surface area contributed by atoms with E-state index in [4.69, 9.17) is 14.9 Å². The van der Waals surface area contributed by atoms with Gasteiger partial charge >= 0.3 is 12.7 Å². The van der Waals surface area contributed by atoms with E-state index in [2.05, 4.69) is 4.74 Å². The Bertz CT molecular complexity index is 242. The Kier molecular flexibility index (Phi) is 6.29. The summed E-state index contributed by atoms with van der Waals surface area (Å²) in [6, 6.07) is -1.39. The van der Waals surface area contributed by atoms with Gasteiger partial charge in [0.15, 0.2) is 6.29 Å². The molecule has 0 aromatic rings. The van der Waals surface area contributed by atoms with Gasteiger partial charge in [0.2, 0.25) is 0 Å². The summed E-state index contributed by atoms with van der Waals surface area (Å²) in [5, 5.41) is 19.7. The van der Waals surface area contributed by atoms with E-state index in [-0.39, 0.29) is 0 Å². The van der Waals surface area contributed by atoms with Crippen LogP contribution in [0, 0.1) is 0 Å². The first-order valence-electron chi connectivity index (χ1n) is 4.87. The average molecular weight is 257 g/mol. The van der Waals surface area contributed by atoms with E-state index in [1.807, 2.05) is 5.32 Å². The number of nitrogens with one attached hydrogen (secondary N) is 1. The molecule has 0 saturated heterocycles. The lowest BCUT2D eigenvalue weighted by atomic mass is 10.2. The maximum Gasteiger partial charge on any atom is 0.408 e. The fourth-order valence-corrected chi connectivity index (χ4v) is 0.838. The summed E-state index contributed by atoms with van der Waals surface area (Å²) < 4.78 is 32.2. The third-order valence-electron chi connectivity index (χ3n) is 1.46. The molecule has 0 bridgehead atoms. The second kappa shape index (κ2) is 6.67. The number of alkyl carbamates (subject to hydrolysis) is 1. The molecule has 0 aliphatic carbocycles. The first-order chi connectivity index (χ1) is 7.61. The highest BCUT2D eigenvalue weighted by atomic mass is 19.3. The number of alkyl halides is 2. The van der Waals surface area contributed by atoms with Gasteiger partial charge < -0.3 is 25.0 Å². The van der Waals surface area contributed by atoms with Crippen LogP contribution in [0.2, 0.25) is 0 Å². The molecule has 1 amide bonds. The van der Waals surface area contributed by atoms with Crippen LogP contribution in [0.5, 0.6) is 0 Å². The zero-order valence-corrected chi connectivity index (χ0v) is 9.81. The van der Waals surface area contributed by atoms with Crippen molar-refractivity contribution in [3.63, 3.8) is 0 Å². The van der Waals surface area contributed by atoms with Gasteiger partial charge in [-0.15, -0.1) is 0 Å². The molecule has 17 heavy (non-hydrogen) atoms. The molecule has 1 atom stereocenters. The predicted molar refractivity (Wildman–Crippen MR) is 53.3 cm³/mol. The van der Waals surface area contributed by atoms with Crippen LogP contribution in [0.25, 0.3) is 0 Å². The van der Waals surface area contributed by atoms with Crippen LogP contribution in [-0.2, 0) is 9.47 Å². The van der Waals surface area contributed by atoms with Crippen LogP contribution >= 0.6 is 0 Å². The van der Waals surface area contributed by atoms with Crippen molar-refractivity contribution in [3.05, 3.63) is 0 Å². The maximum atomic E-state index is 11.7. The van der Waals surface area contributed by atoms with Crippen molar-refractivity contribution >= 4 is 6.09 Å². The van der Waals surface area contributed by atoms with E-state index in [1.165, 1.54) is 0 Å². The number of rotatable bonds is 5. The largest absolute Gasteiger partial charge is 0.444 e. The normalized spacial score (nSPS) is 13.9. The molecule has 1 unspecified atom stereocenters. The number of aliphatic hydroxyl groups excluding tert-OH is 1. The fourth-order valence-electron chi connectivity index (χ4n) is 0.838. The summed E-state index contributed by atoms with van der Waals surface area (Å²) in [7, 11) is 0. The van der Waals surface area contributed by atoms with Crippen LogP contribution in [0.3, 0.4) is 0 Å². The zero-order valence-electron chi connectivity index (χ0n) is 9.81. The summed E-state index contributed by atoms with van der Waals surface area (Å²) in [4.78, 5) is 11.2.